The minimum Gasteiger partial charge on any atom is -0.396 e. The molecule has 2 heterocycles. The van der Waals surface area contributed by atoms with Gasteiger partial charge in [-0.3, -0.25) is 9.69 Å². The van der Waals surface area contributed by atoms with Crippen molar-refractivity contribution >= 4 is 16.8 Å². The van der Waals surface area contributed by atoms with Crippen molar-refractivity contribution in [2.24, 2.45) is 5.92 Å². The van der Waals surface area contributed by atoms with E-state index < -0.39 is 12.0 Å². The molecule has 46 heavy (non-hydrogen) atoms. The van der Waals surface area contributed by atoms with E-state index >= 15 is 0 Å². The Morgan fingerprint density at radius 3 is 2.65 bits per heavy atom. The minimum absolute atomic E-state index is 0.0126. The predicted molar refractivity (Wildman–Crippen MR) is 181 cm³/mol. The van der Waals surface area contributed by atoms with Gasteiger partial charge in [0.05, 0.1) is 11.5 Å². The van der Waals surface area contributed by atoms with E-state index in [1.165, 1.54) is 10.9 Å². The fraction of sp³-hybridized carbons (Fsp3) is 0.553. The molecule has 0 radical (unpaired) electrons. The smallest absolute Gasteiger partial charge is 0.228 e. The Balaban J connectivity index is 1.44. The van der Waals surface area contributed by atoms with Crippen molar-refractivity contribution < 1.29 is 24.5 Å². The largest absolute Gasteiger partial charge is 0.396 e. The number of aliphatic hydroxyl groups excluding tert-OH is 2. The number of likely N-dealkylation sites (tertiary alicyclic amines) is 1. The second-order valence-corrected chi connectivity index (χ2v) is 13.7. The van der Waals surface area contributed by atoms with Gasteiger partial charge in [-0.1, -0.05) is 42.2 Å². The van der Waals surface area contributed by atoms with E-state index in [0.717, 1.165) is 48.9 Å². The highest BCUT2D eigenvalue weighted by Gasteiger charge is 2.43. The van der Waals surface area contributed by atoms with Crippen LogP contribution in [0.3, 0.4) is 0 Å². The number of aromatic nitrogens is 1. The summed E-state index contributed by atoms with van der Waals surface area (Å²) in [4.78, 5) is 18.8. The number of unbranched alkanes of at least 4 members (excludes halogenated alkanes) is 1. The van der Waals surface area contributed by atoms with Crippen molar-refractivity contribution in [3.8, 4) is 11.8 Å². The van der Waals surface area contributed by atoms with E-state index in [0.29, 0.717) is 39.1 Å². The van der Waals surface area contributed by atoms with Gasteiger partial charge in [0.1, 0.15) is 0 Å². The molecule has 1 unspecified atom stereocenters. The molecule has 1 saturated carbocycles. The molecule has 1 saturated heterocycles. The molecular weight excluding hydrogens is 578 g/mol. The molecule has 1 amide bonds. The van der Waals surface area contributed by atoms with Crippen LogP contribution >= 0.6 is 0 Å². The van der Waals surface area contributed by atoms with Gasteiger partial charge in [0.15, 0.2) is 0 Å². The first-order chi connectivity index (χ1) is 22.2. The number of hydrogen-bond acceptors (Lipinski definition) is 6. The van der Waals surface area contributed by atoms with Gasteiger partial charge in [0.2, 0.25) is 12.3 Å². The first kappa shape index (κ1) is 34.2. The number of hydrogen-bond donors (Lipinski definition) is 2. The molecule has 3 aromatic rings. The number of benzene rings is 2. The van der Waals surface area contributed by atoms with Crippen molar-refractivity contribution in [1.29, 1.82) is 0 Å². The standard InChI is InChI=1S/C38H51N3O5/c1-38(2,3)46-37(44)40-21-19-32(29-14-10-13-28(24-29)12-6-5-9-22-42)34(27-40)36(43)41(31-17-18-31)26-30-25-39(20-11-23-45-4)35-16-8-7-15-33(30)35/h7-8,10,13-16,24-25,31-32,34,37,42,44H,5,9,11,17-23,26-27H2,1-4H3/t32-,34+,37?/m1/s1. The van der Waals surface area contributed by atoms with Crippen LogP contribution in [0.1, 0.15) is 81.9 Å². The molecule has 1 aromatic heterocycles. The van der Waals surface area contributed by atoms with Gasteiger partial charge in [-0.2, -0.15) is 0 Å². The van der Waals surface area contributed by atoms with E-state index in [-0.39, 0.29) is 30.4 Å². The number of nitrogens with zero attached hydrogens (tertiary/aromatic N) is 3. The number of carbonyl (C=O) groups excluding carboxylic acids is 1. The Labute approximate surface area is 274 Å². The van der Waals surface area contributed by atoms with Gasteiger partial charge in [0.25, 0.3) is 0 Å². The van der Waals surface area contributed by atoms with Gasteiger partial charge in [-0.25, -0.2) is 0 Å². The van der Waals surface area contributed by atoms with Crippen LogP contribution in [-0.2, 0) is 27.4 Å². The lowest BCUT2D eigenvalue weighted by molar-refractivity contribution is -0.245. The van der Waals surface area contributed by atoms with Crippen LogP contribution in [0.4, 0.5) is 0 Å². The summed E-state index contributed by atoms with van der Waals surface area (Å²) in [6, 6.07) is 16.9. The third-order valence-electron chi connectivity index (χ3n) is 8.97. The number of aryl methyl sites for hydroxylation is 1. The summed E-state index contributed by atoms with van der Waals surface area (Å²) in [6.07, 6.45) is 6.09. The van der Waals surface area contributed by atoms with E-state index in [9.17, 15) is 9.90 Å². The number of aliphatic hydroxyl groups is 2. The Hall–Kier alpha value is -3.19. The maximum atomic E-state index is 14.8. The Kier molecular flexibility index (Phi) is 11.6. The monoisotopic (exact) mass is 629 g/mol. The average molecular weight is 630 g/mol. The first-order valence-corrected chi connectivity index (χ1v) is 16.8. The number of rotatable bonds is 13. The van der Waals surface area contributed by atoms with Gasteiger partial charge in [-0.05, 0) is 88.1 Å². The highest BCUT2D eigenvalue weighted by atomic mass is 16.6. The van der Waals surface area contributed by atoms with Gasteiger partial charge >= 0.3 is 0 Å². The Morgan fingerprint density at radius 2 is 1.91 bits per heavy atom. The number of piperidine rings is 1. The Bertz CT molecular complexity index is 1510. The molecule has 2 fully saturated rings. The van der Waals surface area contributed by atoms with Crippen molar-refractivity contribution in [2.75, 3.05) is 33.4 Å². The zero-order valence-electron chi connectivity index (χ0n) is 28.0. The molecule has 2 aliphatic rings. The van der Waals surface area contributed by atoms with Crippen LogP contribution < -0.4 is 0 Å². The van der Waals surface area contributed by atoms with Gasteiger partial charge in [-0.15, -0.1) is 0 Å². The maximum Gasteiger partial charge on any atom is 0.228 e. The predicted octanol–water partition coefficient (Wildman–Crippen LogP) is 5.49. The van der Waals surface area contributed by atoms with Gasteiger partial charge in [0, 0.05) is 81.6 Å². The molecule has 5 rings (SSSR count). The zero-order valence-corrected chi connectivity index (χ0v) is 28.0. The highest BCUT2D eigenvalue weighted by Crippen LogP contribution is 2.39. The second kappa shape index (κ2) is 15.6. The van der Waals surface area contributed by atoms with Crippen molar-refractivity contribution in [2.45, 2.75) is 96.4 Å². The Morgan fingerprint density at radius 1 is 1.11 bits per heavy atom. The van der Waals surface area contributed by atoms with Crippen molar-refractivity contribution in [3.05, 3.63) is 71.4 Å². The summed E-state index contributed by atoms with van der Waals surface area (Å²) >= 11 is 0. The van der Waals surface area contributed by atoms with Crippen LogP contribution in [-0.4, -0.2) is 82.0 Å². The lowest BCUT2D eigenvalue weighted by Gasteiger charge is -2.42. The number of methoxy groups -OCH3 is 1. The number of amides is 1. The fourth-order valence-corrected chi connectivity index (χ4v) is 6.58. The van der Waals surface area contributed by atoms with Crippen LogP contribution in [0.15, 0.2) is 54.7 Å². The molecule has 3 atom stereocenters. The van der Waals surface area contributed by atoms with Crippen LogP contribution in [0.2, 0.25) is 0 Å². The van der Waals surface area contributed by atoms with E-state index in [1.807, 2.05) is 37.8 Å². The van der Waals surface area contributed by atoms with Crippen LogP contribution in [0.25, 0.3) is 10.9 Å². The fourth-order valence-electron chi connectivity index (χ4n) is 6.58. The van der Waals surface area contributed by atoms with Gasteiger partial charge < -0.3 is 29.2 Å². The first-order valence-electron chi connectivity index (χ1n) is 16.8. The van der Waals surface area contributed by atoms with Crippen LogP contribution in [0, 0.1) is 17.8 Å². The van der Waals surface area contributed by atoms with E-state index in [4.69, 9.17) is 14.6 Å². The molecule has 1 aliphatic heterocycles. The summed E-state index contributed by atoms with van der Waals surface area (Å²) in [5.41, 5.74) is 3.84. The third kappa shape index (κ3) is 8.78. The number of fused-ring (bicyclic) bond motifs is 1. The molecule has 0 bridgehead atoms. The molecule has 1 aliphatic carbocycles. The SMILES string of the molecule is COCCCn1cc(CN(C(=O)[C@H]2CN(C(O)OC(C)(C)C)CC[C@@H]2c2cccc(C#CCCCO)c2)C2CC2)c2ccccc21. The number of carbonyl (C=O) groups is 1. The summed E-state index contributed by atoms with van der Waals surface area (Å²) in [7, 11) is 1.73. The lowest BCUT2D eigenvalue weighted by Crippen LogP contribution is -2.53. The molecule has 2 aromatic carbocycles. The quantitative estimate of drug-likeness (QED) is 0.148. The number of para-hydroxylation sites is 1. The van der Waals surface area contributed by atoms with Crippen molar-refractivity contribution in [1.82, 2.24) is 14.4 Å². The zero-order chi connectivity index (χ0) is 32.7. The van der Waals surface area contributed by atoms with Crippen molar-refractivity contribution in [3.63, 3.8) is 0 Å². The van der Waals surface area contributed by atoms with E-state index in [2.05, 4.69) is 63.9 Å². The summed E-state index contributed by atoms with van der Waals surface area (Å²) in [5.74, 6) is 6.17. The van der Waals surface area contributed by atoms with E-state index in [1.54, 1.807) is 7.11 Å². The average Bonchev–Trinajstić information content (AvgIpc) is 3.83. The maximum absolute atomic E-state index is 14.8. The lowest BCUT2D eigenvalue weighted by atomic mass is 9.79. The van der Waals surface area contributed by atoms with Crippen LogP contribution in [0.5, 0.6) is 0 Å². The second-order valence-electron chi connectivity index (χ2n) is 13.7. The normalized spacial score (nSPS) is 19.5. The third-order valence-corrected chi connectivity index (χ3v) is 8.97. The molecule has 2 N–H and O–H groups in total. The number of ether oxygens (including phenoxy) is 2. The summed E-state index contributed by atoms with van der Waals surface area (Å²) in [6.45, 7) is 9.07. The molecule has 8 heteroatoms. The summed E-state index contributed by atoms with van der Waals surface area (Å²) < 4.78 is 13.5. The summed E-state index contributed by atoms with van der Waals surface area (Å²) in [5, 5.41) is 21.4. The topological polar surface area (TPSA) is 87.4 Å². The minimum atomic E-state index is -1.08. The molecule has 8 nitrogen and oxygen atoms in total. The molecule has 0 spiro atoms. The highest BCUT2D eigenvalue weighted by molar-refractivity contribution is 5.85. The molecule has 248 valence electrons. The molecular formula is C38H51N3O5.